The Morgan fingerprint density at radius 3 is 2.56 bits per heavy atom. The molecule has 1 atom stereocenters. The number of hydrogen-bond donors (Lipinski definition) is 3. The lowest BCUT2D eigenvalue weighted by atomic mass is 10.0. The Morgan fingerprint density at radius 1 is 1.28 bits per heavy atom. The molecule has 1 saturated heterocycles. The van der Waals surface area contributed by atoms with E-state index in [1.165, 1.54) is 6.07 Å². The largest absolute Gasteiger partial charge is 0.506 e. The number of phenols is 1. The Bertz CT molecular complexity index is 423. The van der Waals surface area contributed by atoms with E-state index in [-0.39, 0.29) is 23.4 Å². The first-order valence-electron chi connectivity index (χ1n) is 5.87. The summed E-state index contributed by atoms with van der Waals surface area (Å²) >= 11 is 11.9. The minimum Gasteiger partial charge on any atom is -0.506 e. The van der Waals surface area contributed by atoms with Crippen LogP contribution in [0.2, 0.25) is 10.0 Å². The van der Waals surface area contributed by atoms with Gasteiger partial charge in [0.2, 0.25) is 0 Å². The first-order valence-corrected chi connectivity index (χ1v) is 6.62. The average Bonchev–Trinajstić information content (AvgIpc) is 2.37. The molecule has 0 saturated carbocycles. The third kappa shape index (κ3) is 2.90. The zero-order chi connectivity index (χ0) is 13.1. The van der Waals surface area contributed by atoms with E-state index in [9.17, 15) is 10.2 Å². The van der Waals surface area contributed by atoms with E-state index in [1.54, 1.807) is 6.07 Å². The number of halogens is 2. The van der Waals surface area contributed by atoms with Crippen LogP contribution in [0.4, 0.5) is 0 Å². The van der Waals surface area contributed by atoms with Gasteiger partial charge in [0.05, 0.1) is 17.7 Å². The fourth-order valence-electron chi connectivity index (χ4n) is 2.24. The van der Waals surface area contributed by atoms with Crippen LogP contribution in [0, 0.1) is 0 Å². The summed E-state index contributed by atoms with van der Waals surface area (Å²) in [5.41, 5.74) is 0.580. The molecule has 1 heterocycles. The van der Waals surface area contributed by atoms with Crippen LogP contribution < -0.4 is 5.32 Å². The number of aromatic hydroxyl groups is 1. The number of benzene rings is 1. The van der Waals surface area contributed by atoms with Gasteiger partial charge in [0.1, 0.15) is 5.75 Å². The van der Waals surface area contributed by atoms with Gasteiger partial charge >= 0.3 is 0 Å². The van der Waals surface area contributed by atoms with Crippen molar-refractivity contribution in [1.82, 2.24) is 10.2 Å². The second kappa shape index (κ2) is 6.08. The van der Waals surface area contributed by atoms with Crippen molar-refractivity contribution in [2.75, 3.05) is 32.8 Å². The second-order valence-electron chi connectivity index (χ2n) is 4.31. The number of hydrogen-bond acceptors (Lipinski definition) is 4. The number of aliphatic hydroxyl groups is 1. The minimum atomic E-state index is -0.275. The zero-order valence-corrected chi connectivity index (χ0v) is 11.4. The van der Waals surface area contributed by atoms with Crippen molar-refractivity contribution in [1.29, 1.82) is 0 Å². The van der Waals surface area contributed by atoms with Gasteiger partial charge in [-0.2, -0.15) is 0 Å². The van der Waals surface area contributed by atoms with Crippen LogP contribution in [0.25, 0.3) is 0 Å². The van der Waals surface area contributed by atoms with Gasteiger partial charge in [-0.3, -0.25) is 4.90 Å². The maximum Gasteiger partial charge on any atom is 0.139 e. The van der Waals surface area contributed by atoms with E-state index < -0.39 is 0 Å². The summed E-state index contributed by atoms with van der Waals surface area (Å²) in [5.74, 6) is -0.00125. The topological polar surface area (TPSA) is 55.7 Å². The molecule has 0 unspecified atom stereocenters. The van der Waals surface area contributed by atoms with Gasteiger partial charge in [-0.1, -0.05) is 23.2 Å². The Kier molecular flexibility index (Phi) is 4.70. The highest BCUT2D eigenvalue weighted by Crippen LogP contribution is 2.36. The fraction of sp³-hybridized carbons (Fsp3) is 0.500. The summed E-state index contributed by atoms with van der Waals surface area (Å²) in [4.78, 5) is 2.11. The highest BCUT2D eigenvalue weighted by Gasteiger charge is 2.25. The molecular weight excluding hydrogens is 275 g/mol. The van der Waals surface area contributed by atoms with E-state index in [0.29, 0.717) is 10.6 Å². The van der Waals surface area contributed by atoms with E-state index in [0.717, 1.165) is 26.2 Å². The van der Waals surface area contributed by atoms with Crippen molar-refractivity contribution in [3.8, 4) is 5.75 Å². The summed E-state index contributed by atoms with van der Waals surface area (Å²) in [5, 5.41) is 23.5. The Labute approximate surface area is 116 Å². The normalized spacial score (nSPS) is 18.8. The Hall–Kier alpha value is -0.520. The van der Waals surface area contributed by atoms with E-state index >= 15 is 0 Å². The molecule has 0 bridgehead atoms. The molecule has 2 rings (SSSR count). The minimum absolute atomic E-state index is 0.00125. The number of aliphatic hydroxyl groups excluding tert-OH is 1. The smallest absolute Gasteiger partial charge is 0.139 e. The van der Waals surface area contributed by atoms with Crippen LogP contribution in [0.3, 0.4) is 0 Å². The van der Waals surface area contributed by atoms with Gasteiger partial charge in [-0.25, -0.2) is 0 Å². The summed E-state index contributed by atoms with van der Waals surface area (Å²) in [6.45, 7) is 3.28. The van der Waals surface area contributed by atoms with Crippen molar-refractivity contribution in [3.05, 3.63) is 27.7 Å². The molecule has 100 valence electrons. The molecule has 1 aliphatic rings. The SMILES string of the molecule is OC[C@@H](c1cc(Cl)cc(Cl)c1O)N1CCNCC1. The molecule has 0 spiro atoms. The highest BCUT2D eigenvalue weighted by molar-refractivity contribution is 6.35. The predicted octanol–water partition coefficient (Wildman–Crippen LogP) is 1.64. The lowest BCUT2D eigenvalue weighted by Crippen LogP contribution is -2.46. The number of phenolic OH excluding ortho intramolecular Hbond substituents is 1. The number of nitrogens with one attached hydrogen (secondary N) is 1. The Balaban J connectivity index is 2.31. The van der Waals surface area contributed by atoms with Crippen LogP contribution in [-0.4, -0.2) is 47.9 Å². The molecule has 18 heavy (non-hydrogen) atoms. The zero-order valence-electron chi connectivity index (χ0n) is 9.87. The second-order valence-corrected chi connectivity index (χ2v) is 5.15. The van der Waals surface area contributed by atoms with Crippen LogP contribution >= 0.6 is 23.2 Å². The molecular formula is C12H16Cl2N2O2. The molecule has 4 nitrogen and oxygen atoms in total. The summed E-state index contributed by atoms with van der Waals surface area (Å²) in [7, 11) is 0. The molecule has 1 fully saturated rings. The molecule has 0 aliphatic carbocycles. The number of rotatable bonds is 3. The van der Waals surface area contributed by atoms with Crippen molar-refractivity contribution in [3.63, 3.8) is 0 Å². The number of piperazine rings is 1. The van der Waals surface area contributed by atoms with Crippen LogP contribution in [0.5, 0.6) is 5.75 Å². The van der Waals surface area contributed by atoms with Gasteiger partial charge in [-0.05, 0) is 12.1 Å². The monoisotopic (exact) mass is 290 g/mol. The molecule has 0 radical (unpaired) electrons. The van der Waals surface area contributed by atoms with Crippen molar-refractivity contribution < 1.29 is 10.2 Å². The van der Waals surface area contributed by atoms with Gasteiger partial charge in [0, 0.05) is 36.8 Å². The summed E-state index contributed by atoms with van der Waals surface area (Å²) in [6, 6.07) is 2.88. The van der Waals surface area contributed by atoms with Crippen molar-refractivity contribution in [2.24, 2.45) is 0 Å². The van der Waals surface area contributed by atoms with Gasteiger partial charge < -0.3 is 15.5 Å². The van der Waals surface area contributed by atoms with E-state index in [1.807, 2.05) is 0 Å². The average molecular weight is 291 g/mol. The van der Waals surface area contributed by atoms with Crippen molar-refractivity contribution in [2.45, 2.75) is 6.04 Å². The highest BCUT2D eigenvalue weighted by atomic mass is 35.5. The van der Waals surface area contributed by atoms with Crippen LogP contribution in [0.15, 0.2) is 12.1 Å². The molecule has 1 aliphatic heterocycles. The standard InChI is InChI=1S/C12H16Cl2N2O2/c13-8-5-9(12(18)10(14)6-8)11(7-17)16-3-1-15-2-4-16/h5-6,11,15,17-18H,1-4,7H2/t11-/m0/s1. The molecule has 0 amide bonds. The maximum atomic E-state index is 10.0. The van der Waals surface area contributed by atoms with Crippen LogP contribution in [0.1, 0.15) is 11.6 Å². The van der Waals surface area contributed by atoms with Gasteiger partial charge in [0.25, 0.3) is 0 Å². The van der Waals surface area contributed by atoms with Gasteiger partial charge in [-0.15, -0.1) is 0 Å². The fourth-order valence-corrected chi connectivity index (χ4v) is 2.75. The number of nitrogens with zero attached hydrogens (tertiary/aromatic N) is 1. The molecule has 1 aromatic rings. The lowest BCUT2D eigenvalue weighted by molar-refractivity contribution is 0.109. The third-order valence-electron chi connectivity index (χ3n) is 3.18. The first-order chi connectivity index (χ1) is 8.63. The molecule has 3 N–H and O–H groups in total. The quantitative estimate of drug-likeness (QED) is 0.792. The van der Waals surface area contributed by atoms with Gasteiger partial charge in [0.15, 0.2) is 0 Å². The van der Waals surface area contributed by atoms with E-state index in [2.05, 4.69) is 10.2 Å². The predicted molar refractivity (Wildman–Crippen MR) is 72.4 cm³/mol. The molecule has 1 aromatic carbocycles. The first kappa shape index (κ1) is 13.9. The Morgan fingerprint density at radius 2 is 1.94 bits per heavy atom. The third-order valence-corrected chi connectivity index (χ3v) is 3.69. The molecule has 6 heteroatoms. The summed E-state index contributed by atoms with van der Waals surface area (Å²) < 4.78 is 0. The van der Waals surface area contributed by atoms with Crippen molar-refractivity contribution >= 4 is 23.2 Å². The van der Waals surface area contributed by atoms with E-state index in [4.69, 9.17) is 23.2 Å². The molecule has 0 aromatic heterocycles. The van der Waals surface area contributed by atoms with Crippen LogP contribution in [-0.2, 0) is 0 Å². The summed E-state index contributed by atoms with van der Waals surface area (Å²) in [6.07, 6.45) is 0. The maximum absolute atomic E-state index is 10.0. The lowest BCUT2D eigenvalue weighted by Gasteiger charge is -2.34.